The van der Waals surface area contributed by atoms with Crippen LogP contribution in [0.1, 0.15) is 18.1 Å². The van der Waals surface area contributed by atoms with E-state index in [2.05, 4.69) is 31.2 Å². The summed E-state index contributed by atoms with van der Waals surface area (Å²) in [7, 11) is 0. The Morgan fingerprint density at radius 2 is 1.86 bits per heavy atom. The molecule has 106 valence electrons. The number of hydrogen-bond donors (Lipinski definition) is 0. The van der Waals surface area contributed by atoms with Crippen molar-refractivity contribution in [3.63, 3.8) is 0 Å². The quantitative estimate of drug-likeness (QED) is 0.727. The van der Waals surface area contributed by atoms with E-state index in [1.54, 1.807) is 6.08 Å². The Labute approximate surface area is 126 Å². The van der Waals surface area contributed by atoms with Gasteiger partial charge >= 0.3 is 0 Å². The second kappa shape index (κ2) is 7.91. The molecule has 0 unspecified atom stereocenters. The lowest BCUT2D eigenvalue weighted by atomic mass is 10.0. The first-order chi connectivity index (χ1) is 10.3. The first-order valence-corrected chi connectivity index (χ1v) is 7.10. The van der Waals surface area contributed by atoms with Gasteiger partial charge in [0.15, 0.2) is 0 Å². The van der Waals surface area contributed by atoms with Gasteiger partial charge in [-0.05, 0) is 35.6 Å². The molecule has 21 heavy (non-hydrogen) atoms. The first kappa shape index (κ1) is 14.9. The first-order valence-electron chi connectivity index (χ1n) is 7.10. The summed E-state index contributed by atoms with van der Waals surface area (Å²) in [5.74, 6) is 1.22. The molecule has 0 aliphatic heterocycles. The van der Waals surface area contributed by atoms with Gasteiger partial charge in [0.05, 0.1) is 6.07 Å². The molecule has 0 aliphatic carbocycles. The monoisotopic (exact) mass is 277 g/mol. The lowest BCUT2D eigenvalue weighted by molar-refractivity contribution is 0.306. The van der Waals surface area contributed by atoms with Crippen molar-refractivity contribution in [3.8, 4) is 11.8 Å². The summed E-state index contributed by atoms with van der Waals surface area (Å²) in [6, 6.07) is 20.3. The van der Waals surface area contributed by atoms with Gasteiger partial charge in [-0.3, -0.25) is 0 Å². The third-order valence-corrected chi connectivity index (χ3v) is 3.20. The topological polar surface area (TPSA) is 33.0 Å². The summed E-state index contributed by atoms with van der Waals surface area (Å²) in [4.78, 5) is 0. The molecule has 2 aromatic rings. The number of nitrogens with zero attached hydrogens (tertiary/aromatic N) is 1. The number of rotatable bonds is 6. The SMILES string of the molecule is C[C@@H](/C=C/C#N)Cc1cccc(OCc2ccccc2)c1. The van der Waals surface area contributed by atoms with Crippen molar-refractivity contribution < 1.29 is 4.74 Å². The Kier molecular flexibility index (Phi) is 5.60. The molecule has 0 fully saturated rings. The minimum Gasteiger partial charge on any atom is -0.489 e. The van der Waals surface area contributed by atoms with Crippen molar-refractivity contribution in [2.75, 3.05) is 0 Å². The molecule has 0 saturated carbocycles. The number of ether oxygens (including phenoxy) is 1. The van der Waals surface area contributed by atoms with Crippen LogP contribution >= 0.6 is 0 Å². The molecule has 0 aliphatic rings. The number of nitriles is 1. The molecular formula is C19H19NO. The minimum absolute atomic E-state index is 0.342. The lowest BCUT2D eigenvalue weighted by Crippen LogP contribution is -1.98. The molecule has 0 aromatic heterocycles. The zero-order valence-electron chi connectivity index (χ0n) is 12.2. The van der Waals surface area contributed by atoms with Crippen LogP contribution < -0.4 is 4.74 Å². The Morgan fingerprint density at radius 3 is 2.62 bits per heavy atom. The van der Waals surface area contributed by atoms with Crippen LogP contribution in [-0.4, -0.2) is 0 Å². The highest BCUT2D eigenvalue weighted by molar-refractivity contribution is 5.29. The third-order valence-electron chi connectivity index (χ3n) is 3.20. The molecule has 2 rings (SSSR count). The van der Waals surface area contributed by atoms with E-state index in [0.29, 0.717) is 12.5 Å². The zero-order chi connectivity index (χ0) is 14.9. The van der Waals surface area contributed by atoms with E-state index in [9.17, 15) is 0 Å². The molecular weight excluding hydrogens is 258 g/mol. The third kappa shape index (κ3) is 5.16. The number of hydrogen-bond acceptors (Lipinski definition) is 2. The molecule has 0 spiro atoms. The molecule has 0 radical (unpaired) electrons. The van der Waals surface area contributed by atoms with Gasteiger partial charge in [0.2, 0.25) is 0 Å². The van der Waals surface area contributed by atoms with Crippen molar-refractivity contribution >= 4 is 0 Å². The molecule has 0 heterocycles. The average molecular weight is 277 g/mol. The summed E-state index contributed by atoms with van der Waals surface area (Å²) in [5, 5.41) is 8.55. The molecule has 2 heteroatoms. The van der Waals surface area contributed by atoms with Crippen LogP contribution in [0.2, 0.25) is 0 Å². The van der Waals surface area contributed by atoms with Gasteiger partial charge in [-0.25, -0.2) is 0 Å². The van der Waals surface area contributed by atoms with Gasteiger partial charge in [-0.1, -0.05) is 55.5 Å². The van der Waals surface area contributed by atoms with Crippen molar-refractivity contribution in [1.82, 2.24) is 0 Å². The maximum atomic E-state index is 8.55. The summed E-state index contributed by atoms with van der Waals surface area (Å²) in [6.07, 6.45) is 4.37. The zero-order valence-corrected chi connectivity index (χ0v) is 12.2. The Morgan fingerprint density at radius 1 is 1.10 bits per heavy atom. The van der Waals surface area contributed by atoms with Crippen LogP contribution in [0.15, 0.2) is 66.7 Å². The summed E-state index contributed by atoms with van der Waals surface area (Å²) in [5.41, 5.74) is 2.38. The molecule has 0 amide bonds. The van der Waals surface area contributed by atoms with Gasteiger partial charge in [-0.2, -0.15) is 5.26 Å². The highest BCUT2D eigenvalue weighted by Gasteiger charge is 2.02. The van der Waals surface area contributed by atoms with E-state index in [0.717, 1.165) is 17.7 Å². The normalized spacial score (nSPS) is 12.0. The Bertz CT molecular complexity index is 626. The van der Waals surface area contributed by atoms with Crippen LogP contribution in [-0.2, 0) is 13.0 Å². The van der Waals surface area contributed by atoms with Crippen molar-refractivity contribution in [3.05, 3.63) is 77.9 Å². The maximum absolute atomic E-state index is 8.55. The largest absolute Gasteiger partial charge is 0.489 e. The second-order valence-corrected chi connectivity index (χ2v) is 5.09. The lowest BCUT2D eigenvalue weighted by Gasteiger charge is -2.10. The van der Waals surface area contributed by atoms with Gasteiger partial charge in [-0.15, -0.1) is 0 Å². The van der Waals surface area contributed by atoms with Gasteiger partial charge in [0, 0.05) is 6.08 Å². The molecule has 0 bridgehead atoms. The van der Waals surface area contributed by atoms with Crippen molar-refractivity contribution in [2.45, 2.75) is 20.0 Å². The van der Waals surface area contributed by atoms with Gasteiger partial charge < -0.3 is 4.74 Å². The summed E-state index contributed by atoms with van der Waals surface area (Å²) >= 11 is 0. The smallest absolute Gasteiger partial charge is 0.120 e. The molecule has 0 N–H and O–H groups in total. The Balaban J connectivity index is 1.95. The van der Waals surface area contributed by atoms with E-state index in [1.807, 2.05) is 42.5 Å². The average Bonchev–Trinajstić information content (AvgIpc) is 2.52. The van der Waals surface area contributed by atoms with E-state index in [1.165, 1.54) is 5.56 Å². The fourth-order valence-electron chi connectivity index (χ4n) is 2.15. The van der Waals surface area contributed by atoms with Crippen LogP contribution in [0.5, 0.6) is 5.75 Å². The highest BCUT2D eigenvalue weighted by atomic mass is 16.5. The highest BCUT2D eigenvalue weighted by Crippen LogP contribution is 2.18. The van der Waals surface area contributed by atoms with Crippen molar-refractivity contribution in [2.24, 2.45) is 5.92 Å². The van der Waals surface area contributed by atoms with E-state index < -0.39 is 0 Å². The van der Waals surface area contributed by atoms with Gasteiger partial charge in [0.1, 0.15) is 12.4 Å². The standard InChI is InChI=1S/C19H19NO/c1-16(7-6-12-20)13-18-10-5-11-19(14-18)21-15-17-8-3-2-4-9-17/h2-11,14,16H,13,15H2,1H3/b7-6+/t16-/m0/s1. The summed E-state index contributed by atoms with van der Waals surface area (Å²) < 4.78 is 5.83. The maximum Gasteiger partial charge on any atom is 0.120 e. The molecule has 0 saturated heterocycles. The molecule has 2 aromatic carbocycles. The van der Waals surface area contributed by atoms with Crippen LogP contribution in [0.25, 0.3) is 0 Å². The fourth-order valence-corrected chi connectivity index (χ4v) is 2.15. The molecule has 2 nitrogen and oxygen atoms in total. The van der Waals surface area contributed by atoms with E-state index in [-0.39, 0.29) is 0 Å². The van der Waals surface area contributed by atoms with E-state index in [4.69, 9.17) is 10.00 Å². The molecule has 1 atom stereocenters. The van der Waals surface area contributed by atoms with Crippen molar-refractivity contribution in [1.29, 1.82) is 5.26 Å². The predicted molar refractivity (Wildman–Crippen MR) is 84.8 cm³/mol. The number of allylic oxidation sites excluding steroid dienone is 2. The fraction of sp³-hybridized carbons (Fsp3) is 0.211. The number of benzene rings is 2. The Hall–Kier alpha value is -2.53. The predicted octanol–water partition coefficient (Wildman–Crippen LogP) is 4.52. The van der Waals surface area contributed by atoms with Gasteiger partial charge in [0.25, 0.3) is 0 Å². The van der Waals surface area contributed by atoms with E-state index >= 15 is 0 Å². The van der Waals surface area contributed by atoms with Crippen LogP contribution in [0, 0.1) is 17.2 Å². The second-order valence-electron chi connectivity index (χ2n) is 5.09. The minimum atomic E-state index is 0.342. The van der Waals surface area contributed by atoms with Crippen LogP contribution in [0.3, 0.4) is 0 Å². The summed E-state index contributed by atoms with van der Waals surface area (Å²) in [6.45, 7) is 2.68. The van der Waals surface area contributed by atoms with Crippen LogP contribution in [0.4, 0.5) is 0 Å².